The van der Waals surface area contributed by atoms with Gasteiger partial charge in [-0.1, -0.05) is 0 Å². The van der Waals surface area contributed by atoms with Gasteiger partial charge in [0.25, 0.3) is 0 Å². The molecule has 8 heteroatoms. The molecule has 0 spiro atoms. The topological polar surface area (TPSA) is 78.9 Å². The van der Waals surface area contributed by atoms with Crippen LogP contribution in [0.15, 0.2) is 23.6 Å². The lowest BCUT2D eigenvalue weighted by molar-refractivity contribution is -0.143. The molecule has 0 aliphatic carbocycles. The molecule has 4 rings (SSSR count). The highest BCUT2D eigenvalue weighted by molar-refractivity contribution is 7.13. The summed E-state index contributed by atoms with van der Waals surface area (Å²) < 4.78 is 21.1. The molecule has 1 aromatic heterocycles. The van der Waals surface area contributed by atoms with E-state index >= 15 is 0 Å². The van der Waals surface area contributed by atoms with Gasteiger partial charge in [0.05, 0.1) is 19.2 Å². The average Bonchev–Trinajstić information content (AvgIpc) is 3.36. The molecule has 0 radical (unpaired) electrons. The number of carbonyl (C=O) groups is 1. The van der Waals surface area contributed by atoms with E-state index in [9.17, 15) is 4.79 Å². The van der Waals surface area contributed by atoms with E-state index in [1.807, 2.05) is 23.6 Å². The van der Waals surface area contributed by atoms with E-state index in [1.165, 1.54) is 7.11 Å². The highest BCUT2D eigenvalue weighted by Crippen LogP contribution is 2.36. The molecule has 0 bridgehead atoms. The molecule has 2 aromatic rings. The number of nitrogens with one attached hydrogen (secondary N) is 1. The van der Waals surface area contributed by atoms with Crippen LogP contribution in [0.2, 0.25) is 0 Å². The van der Waals surface area contributed by atoms with Crippen molar-refractivity contribution in [2.24, 2.45) is 0 Å². The summed E-state index contributed by atoms with van der Waals surface area (Å²) in [6, 6.07) is 5.85. The highest BCUT2D eigenvalue weighted by Gasteiger charge is 2.35. The van der Waals surface area contributed by atoms with Gasteiger partial charge in [0, 0.05) is 36.2 Å². The van der Waals surface area contributed by atoms with Gasteiger partial charge < -0.3 is 24.3 Å². The lowest BCUT2D eigenvalue weighted by Crippen LogP contribution is -2.50. The number of thiazole rings is 1. The largest absolute Gasteiger partial charge is 0.469 e. The van der Waals surface area contributed by atoms with Gasteiger partial charge >= 0.3 is 5.97 Å². The molecule has 1 saturated heterocycles. The first-order valence-corrected chi connectivity index (χ1v) is 9.79. The number of aromatic nitrogens is 1. The molecule has 0 unspecified atom stereocenters. The fraction of sp³-hybridized carbons (Fsp3) is 0.474. The van der Waals surface area contributed by atoms with Crippen LogP contribution in [0.3, 0.4) is 0 Å². The third-order valence-corrected chi connectivity index (χ3v) is 5.92. The minimum Gasteiger partial charge on any atom is -0.469 e. The summed E-state index contributed by atoms with van der Waals surface area (Å²) in [6.45, 7) is 2.14. The number of hydrogen-bond donors (Lipinski definition) is 1. The van der Waals surface area contributed by atoms with Gasteiger partial charge in [0.1, 0.15) is 5.01 Å². The van der Waals surface area contributed by atoms with Crippen molar-refractivity contribution >= 4 is 17.3 Å². The van der Waals surface area contributed by atoms with E-state index in [-0.39, 0.29) is 18.3 Å². The smallest absolute Gasteiger partial charge is 0.307 e. The van der Waals surface area contributed by atoms with E-state index < -0.39 is 0 Å². The molecule has 2 aliphatic rings. The number of esters is 1. The van der Waals surface area contributed by atoms with E-state index in [0.29, 0.717) is 26.2 Å². The number of ether oxygens (including phenoxy) is 4. The summed E-state index contributed by atoms with van der Waals surface area (Å²) in [5, 5.41) is 6.51. The molecular formula is C19H22N2O5S. The number of rotatable bonds is 6. The lowest BCUT2D eigenvalue weighted by Gasteiger charge is -2.37. The second-order valence-electron chi connectivity index (χ2n) is 6.71. The molecule has 7 nitrogen and oxygen atoms in total. The molecule has 1 aromatic carbocycles. The zero-order chi connectivity index (χ0) is 18.7. The minimum absolute atomic E-state index is 0.205. The van der Waals surface area contributed by atoms with Crippen molar-refractivity contribution in [3.63, 3.8) is 0 Å². The van der Waals surface area contributed by atoms with Crippen LogP contribution in [0, 0.1) is 0 Å². The minimum atomic E-state index is -0.298. The van der Waals surface area contributed by atoms with Crippen LogP contribution >= 0.6 is 11.3 Å². The maximum atomic E-state index is 11.8. The number of carbonyl (C=O) groups excluding carboxylic acids is 1. The second-order valence-corrected chi connectivity index (χ2v) is 7.57. The Labute approximate surface area is 161 Å². The van der Waals surface area contributed by atoms with Gasteiger partial charge in [-0.2, -0.15) is 0 Å². The fourth-order valence-corrected chi connectivity index (χ4v) is 4.17. The predicted octanol–water partition coefficient (Wildman–Crippen LogP) is 2.74. The van der Waals surface area contributed by atoms with Gasteiger partial charge in [-0.3, -0.25) is 4.79 Å². The quantitative estimate of drug-likeness (QED) is 0.760. The summed E-state index contributed by atoms with van der Waals surface area (Å²) >= 11 is 1.59. The van der Waals surface area contributed by atoms with Crippen LogP contribution in [0.5, 0.6) is 11.5 Å². The number of hydrogen-bond acceptors (Lipinski definition) is 8. The third-order valence-electron chi connectivity index (χ3n) is 4.98. The maximum absolute atomic E-state index is 11.8. The Bertz CT molecular complexity index is 816. The summed E-state index contributed by atoms with van der Waals surface area (Å²) in [5.74, 6) is 1.31. The first kappa shape index (κ1) is 18.2. The lowest BCUT2D eigenvalue weighted by atomic mass is 9.86. The van der Waals surface area contributed by atoms with Crippen molar-refractivity contribution < 1.29 is 23.7 Å². The number of benzene rings is 1. The van der Waals surface area contributed by atoms with Gasteiger partial charge in [-0.25, -0.2) is 4.98 Å². The van der Waals surface area contributed by atoms with E-state index in [2.05, 4.69) is 5.32 Å². The zero-order valence-corrected chi connectivity index (χ0v) is 16.0. The van der Waals surface area contributed by atoms with Crippen LogP contribution in [0.25, 0.3) is 10.6 Å². The molecule has 144 valence electrons. The fourth-order valence-electron chi connectivity index (χ4n) is 3.36. The van der Waals surface area contributed by atoms with E-state index in [4.69, 9.17) is 23.9 Å². The Morgan fingerprint density at radius 2 is 2.11 bits per heavy atom. The van der Waals surface area contributed by atoms with Crippen molar-refractivity contribution in [2.45, 2.75) is 31.3 Å². The van der Waals surface area contributed by atoms with E-state index in [1.54, 1.807) is 11.3 Å². The van der Waals surface area contributed by atoms with Crippen molar-refractivity contribution in [2.75, 3.05) is 27.1 Å². The standard InChI is InChI=1S/C19H22N2O5S/c1-23-17(22)9-19(4-6-24-7-5-19)20-10-14-11-27-18(21-14)13-2-3-15-16(8-13)26-12-25-15/h2-3,8,11,20H,4-7,9-10,12H2,1H3. The molecule has 2 aliphatic heterocycles. The molecule has 0 atom stereocenters. The van der Waals surface area contributed by atoms with Crippen molar-refractivity contribution in [3.05, 3.63) is 29.3 Å². The van der Waals surface area contributed by atoms with Crippen molar-refractivity contribution in [1.29, 1.82) is 0 Å². The molecule has 0 amide bonds. The number of methoxy groups -OCH3 is 1. The zero-order valence-electron chi connectivity index (χ0n) is 15.2. The van der Waals surface area contributed by atoms with Crippen molar-refractivity contribution in [3.8, 4) is 22.1 Å². The summed E-state index contributed by atoms with van der Waals surface area (Å²) in [4.78, 5) is 16.6. The van der Waals surface area contributed by atoms with Crippen LogP contribution in [-0.4, -0.2) is 43.6 Å². The predicted molar refractivity (Wildman–Crippen MR) is 99.9 cm³/mol. The second kappa shape index (κ2) is 7.84. The molecule has 0 saturated carbocycles. The molecule has 1 N–H and O–H groups in total. The number of nitrogens with zero attached hydrogens (tertiary/aromatic N) is 1. The van der Waals surface area contributed by atoms with Crippen LogP contribution < -0.4 is 14.8 Å². The first-order chi connectivity index (χ1) is 13.2. The maximum Gasteiger partial charge on any atom is 0.307 e. The number of fused-ring (bicyclic) bond motifs is 1. The van der Waals surface area contributed by atoms with Gasteiger partial charge in [0.15, 0.2) is 11.5 Å². The van der Waals surface area contributed by atoms with Crippen LogP contribution in [-0.2, 0) is 20.8 Å². The van der Waals surface area contributed by atoms with Gasteiger partial charge in [0.2, 0.25) is 6.79 Å². The van der Waals surface area contributed by atoms with Crippen LogP contribution in [0.1, 0.15) is 25.0 Å². The molecule has 27 heavy (non-hydrogen) atoms. The Kier molecular flexibility index (Phi) is 5.29. The Hall–Kier alpha value is -2.16. The molecule has 3 heterocycles. The molecule has 1 fully saturated rings. The first-order valence-electron chi connectivity index (χ1n) is 8.91. The Balaban J connectivity index is 1.44. The van der Waals surface area contributed by atoms with Crippen LogP contribution in [0.4, 0.5) is 0 Å². The SMILES string of the molecule is COC(=O)CC1(NCc2csc(-c3ccc4c(c3)OCO4)n2)CCOCC1. The average molecular weight is 390 g/mol. The third kappa shape index (κ3) is 4.07. The summed E-state index contributed by atoms with van der Waals surface area (Å²) in [5.41, 5.74) is 1.66. The normalized spacial score (nSPS) is 17.7. The Morgan fingerprint density at radius 3 is 2.93 bits per heavy atom. The molecular weight excluding hydrogens is 368 g/mol. The summed E-state index contributed by atoms with van der Waals surface area (Å²) in [6.07, 6.45) is 1.90. The monoisotopic (exact) mass is 390 g/mol. The van der Waals surface area contributed by atoms with Gasteiger partial charge in [-0.05, 0) is 31.0 Å². The Morgan fingerprint density at radius 1 is 1.30 bits per heavy atom. The van der Waals surface area contributed by atoms with E-state index in [0.717, 1.165) is 40.6 Å². The van der Waals surface area contributed by atoms with Crippen molar-refractivity contribution in [1.82, 2.24) is 10.3 Å². The summed E-state index contributed by atoms with van der Waals surface area (Å²) in [7, 11) is 1.42. The highest BCUT2D eigenvalue weighted by atomic mass is 32.1. The van der Waals surface area contributed by atoms with Gasteiger partial charge in [-0.15, -0.1) is 11.3 Å².